The maximum Gasteiger partial charge on any atom is 0.312 e. The van der Waals surface area contributed by atoms with Gasteiger partial charge in [-0.25, -0.2) is 9.48 Å². The quantitative estimate of drug-likeness (QED) is 0.455. The van der Waals surface area contributed by atoms with Crippen LogP contribution in [0.3, 0.4) is 0 Å². The first-order valence-electron chi connectivity index (χ1n) is 15.3. The summed E-state index contributed by atoms with van der Waals surface area (Å²) in [5.74, 6) is 4.25. The summed E-state index contributed by atoms with van der Waals surface area (Å²) < 4.78 is 8.34. The van der Waals surface area contributed by atoms with Gasteiger partial charge in [0.15, 0.2) is 0 Å². The third kappa shape index (κ3) is 5.82. The fourth-order valence-corrected chi connectivity index (χ4v) is 8.52. The Morgan fingerprint density at radius 1 is 0.921 bits per heavy atom. The van der Waals surface area contributed by atoms with E-state index < -0.39 is 6.03 Å². The number of nitrogens with one attached hydrogen (secondary N) is 2. The molecule has 7 rings (SSSR count). The summed E-state index contributed by atoms with van der Waals surface area (Å²) in [6.45, 7) is 3.99. The van der Waals surface area contributed by atoms with Gasteiger partial charge in [-0.1, -0.05) is 19.3 Å². The molecule has 1 saturated heterocycles. The Morgan fingerprint density at radius 2 is 1.61 bits per heavy atom. The number of likely N-dealkylation sites (tertiary alicyclic amines) is 1. The second kappa shape index (κ2) is 11.4. The van der Waals surface area contributed by atoms with Gasteiger partial charge in [-0.15, -0.1) is 0 Å². The van der Waals surface area contributed by atoms with Crippen LogP contribution in [0.1, 0.15) is 87.4 Å². The molecule has 6 aliphatic rings. The van der Waals surface area contributed by atoms with Crippen LogP contribution in [-0.2, 0) is 6.54 Å². The molecular weight excluding hydrogens is 480 g/mol. The SMILES string of the molecule is NC(=O)NC1CCN(CCn2ncc(C(=O)NC3C4CC5CC(C4)CC3C5)c2OCC2CCCCC2)CC1. The Balaban J connectivity index is 1.10. The van der Waals surface area contributed by atoms with Gasteiger partial charge in [0.05, 0.1) is 19.3 Å². The smallest absolute Gasteiger partial charge is 0.312 e. The molecule has 0 unspecified atom stereocenters. The minimum Gasteiger partial charge on any atom is -0.477 e. The molecule has 6 fully saturated rings. The largest absolute Gasteiger partial charge is 0.477 e. The molecule has 5 saturated carbocycles. The number of amides is 3. The first kappa shape index (κ1) is 26.0. The molecule has 3 amide bonds. The van der Waals surface area contributed by atoms with Crippen molar-refractivity contribution in [3.8, 4) is 5.88 Å². The molecule has 0 aromatic carbocycles. The van der Waals surface area contributed by atoms with Crippen molar-refractivity contribution in [3.63, 3.8) is 0 Å². The number of nitrogens with two attached hydrogens (primary N) is 1. The van der Waals surface area contributed by atoms with E-state index in [2.05, 4.69) is 20.6 Å². The summed E-state index contributed by atoms with van der Waals surface area (Å²) in [4.78, 5) is 27.2. The summed E-state index contributed by atoms with van der Waals surface area (Å²) in [7, 11) is 0. The molecule has 38 heavy (non-hydrogen) atoms. The van der Waals surface area contributed by atoms with Crippen LogP contribution in [0.2, 0.25) is 0 Å². The number of rotatable bonds is 9. The number of aromatic nitrogens is 2. The number of hydrogen-bond acceptors (Lipinski definition) is 5. The van der Waals surface area contributed by atoms with Gasteiger partial charge in [0.2, 0.25) is 5.88 Å². The predicted octanol–water partition coefficient (Wildman–Crippen LogP) is 3.53. The van der Waals surface area contributed by atoms with E-state index in [0.29, 0.717) is 48.4 Å². The number of piperidine rings is 1. The number of carbonyl (C=O) groups excluding carboxylic acids is 2. The van der Waals surface area contributed by atoms with E-state index in [1.165, 1.54) is 64.2 Å². The average Bonchev–Trinajstić information content (AvgIpc) is 3.32. The fourth-order valence-electron chi connectivity index (χ4n) is 8.52. The molecule has 9 nitrogen and oxygen atoms in total. The van der Waals surface area contributed by atoms with Gasteiger partial charge >= 0.3 is 6.03 Å². The minimum atomic E-state index is -0.445. The van der Waals surface area contributed by atoms with Gasteiger partial charge < -0.3 is 26.0 Å². The average molecular weight is 527 g/mol. The normalized spacial score (nSPS) is 31.8. The maximum absolute atomic E-state index is 13.7. The van der Waals surface area contributed by atoms with Crippen LogP contribution < -0.4 is 21.1 Å². The molecule has 0 atom stereocenters. The third-order valence-electron chi connectivity index (χ3n) is 10.3. The molecule has 4 N–H and O–H groups in total. The van der Waals surface area contributed by atoms with Crippen molar-refractivity contribution in [2.75, 3.05) is 26.2 Å². The molecule has 0 spiro atoms. The highest BCUT2D eigenvalue weighted by atomic mass is 16.5. The van der Waals surface area contributed by atoms with Crippen LogP contribution in [0.4, 0.5) is 4.79 Å². The van der Waals surface area contributed by atoms with Crippen LogP contribution in [0, 0.1) is 29.6 Å². The highest BCUT2D eigenvalue weighted by Gasteiger charge is 2.48. The molecule has 210 valence electrons. The summed E-state index contributed by atoms with van der Waals surface area (Å²) in [6.07, 6.45) is 16.3. The van der Waals surface area contributed by atoms with E-state index in [1.54, 1.807) is 6.20 Å². The summed E-state index contributed by atoms with van der Waals surface area (Å²) in [6, 6.07) is 0.0164. The van der Waals surface area contributed by atoms with Crippen molar-refractivity contribution < 1.29 is 14.3 Å². The lowest BCUT2D eigenvalue weighted by Crippen LogP contribution is -2.55. The molecule has 1 aromatic heterocycles. The summed E-state index contributed by atoms with van der Waals surface area (Å²) in [5.41, 5.74) is 5.89. The van der Waals surface area contributed by atoms with E-state index >= 15 is 0 Å². The number of ether oxygens (including phenoxy) is 1. The molecule has 1 aliphatic heterocycles. The van der Waals surface area contributed by atoms with Crippen LogP contribution >= 0.6 is 0 Å². The standard InChI is InChI=1S/C29H46N6O3/c30-29(37)32-24-6-8-34(9-7-24)10-11-35-28(38-18-19-4-2-1-3-5-19)25(17-31-35)27(36)33-26-22-13-20-12-21(15-22)16-23(26)14-20/h17,19-24,26H,1-16,18H2,(H,33,36)(H3,30,32,37). The van der Waals surface area contributed by atoms with E-state index in [-0.39, 0.29) is 11.9 Å². The Morgan fingerprint density at radius 3 is 2.26 bits per heavy atom. The lowest BCUT2D eigenvalue weighted by atomic mass is 9.54. The van der Waals surface area contributed by atoms with E-state index in [0.717, 1.165) is 44.3 Å². The van der Waals surface area contributed by atoms with Gasteiger partial charge in [0, 0.05) is 31.7 Å². The second-order valence-corrected chi connectivity index (χ2v) is 13.0. The van der Waals surface area contributed by atoms with Gasteiger partial charge in [0.25, 0.3) is 5.91 Å². The van der Waals surface area contributed by atoms with Gasteiger partial charge in [0.1, 0.15) is 5.56 Å². The number of hydrogen-bond donors (Lipinski definition) is 3. The van der Waals surface area contributed by atoms with Crippen molar-refractivity contribution in [1.29, 1.82) is 0 Å². The highest BCUT2D eigenvalue weighted by Crippen LogP contribution is 2.53. The van der Waals surface area contributed by atoms with Crippen molar-refractivity contribution in [2.24, 2.45) is 35.3 Å². The number of urea groups is 1. The fraction of sp³-hybridized carbons (Fsp3) is 0.828. The predicted molar refractivity (Wildman–Crippen MR) is 145 cm³/mol. The molecule has 5 aliphatic carbocycles. The molecule has 9 heteroatoms. The Kier molecular flexibility index (Phi) is 7.82. The van der Waals surface area contributed by atoms with Crippen molar-refractivity contribution in [1.82, 2.24) is 25.3 Å². The zero-order valence-corrected chi connectivity index (χ0v) is 22.8. The number of primary amides is 1. The number of nitrogens with zero attached hydrogens (tertiary/aromatic N) is 3. The van der Waals surface area contributed by atoms with Crippen molar-refractivity contribution in [2.45, 2.75) is 95.7 Å². The monoisotopic (exact) mass is 526 g/mol. The first-order valence-corrected chi connectivity index (χ1v) is 15.3. The van der Waals surface area contributed by atoms with Crippen molar-refractivity contribution in [3.05, 3.63) is 11.8 Å². The number of carbonyl (C=O) groups is 2. The topological polar surface area (TPSA) is 115 Å². The van der Waals surface area contributed by atoms with Crippen molar-refractivity contribution >= 4 is 11.9 Å². The second-order valence-electron chi connectivity index (χ2n) is 13.0. The Labute approximate surface area is 226 Å². The zero-order chi connectivity index (χ0) is 26.1. The molecule has 1 aromatic rings. The Bertz CT molecular complexity index is 953. The zero-order valence-electron chi connectivity index (χ0n) is 22.8. The Hall–Kier alpha value is -2.29. The van der Waals surface area contributed by atoms with Crippen LogP contribution in [0.15, 0.2) is 6.20 Å². The van der Waals surface area contributed by atoms with Crippen LogP contribution in [0.25, 0.3) is 0 Å². The molecule has 4 bridgehead atoms. The lowest BCUT2D eigenvalue weighted by molar-refractivity contribution is -0.0120. The third-order valence-corrected chi connectivity index (χ3v) is 10.3. The molecule has 2 heterocycles. The summed E-state index contributed by atoms with van der Waals surface area (Å²) in [5, 5.41) is 11.0. The van der Waals surface area contributed by atoms with Gasteiger partial charge in [-0.05, 0) is 87.4 Å². The van der Waals surface area contributed by atoms with Crippen LogP contribution in [-0.4, -0.2) is 64.9 Å². The highest BCUT2D eigenvalue weighted by molar-refractivity contribution is 5.96. The van der Waals surface area contributed by atoms with Gasteiger partial charge in [-0.3, -0.25) is 4.79 Å². The van der Waals surface area contributed by atoms with E-state index in [1.807, 2.05) is 4.68 Å². The molecule has 0 radical (unpaired) electrons. The maximum atomic E-state index is 13.7. The van der Waals surface area contributed by atoms with Gasteiger partial charge in [-0.2, -0.15) is 5.10 Å². The molecular formula is C29H46N6O3. The van der Waals surface area contributed by atoms with E-state index in [9.17, 15) is 9.59 Å². The minimum absolute atomic E-state index is 0.00860. The van der Waals surface area contributed by atoms with E-state index in [4.69, 9.17) is 10.5 Å². The lowest BCUT2D eigenvalue weighted by Gasteiger charge is -2.54. The van der Waals surface area contributed by atoms with Crippen LogP contribution in [0.5, 0.6) is 5.88 Å². The first-order chi connectivity index (χ1) is 18.5. The summed E-state index contributed by atoms with van der Waals surface area (Å²) >= 11 is 0.